The topological polar surface area (TPSA) is 126 Å². The molecule has 0 aliphatic rings. The first-order valence-electron chi connectivity index (χ1n) is 14.9. The van der Waals surface area contributed by atoms with Gasteiger partial charge in [-0.2, -0.15) is 0 Å². The summed E-state index contributed by atoms with van der Waals surface area (Å²) in [5.41, 5.74) is 14.1. The van der Waals surface area contributed by atoms with E-state index in [0.29, 0.717) is 45.4 Å². The van der Waals surface area contributed by atoms with Crippen LogP contribution in [0.4, 0.5) is 0 Å². The van der Waals surface area contributed by atoms with E-state index in [9.17, 15) is 9.59 Å². The van der Waals surface area contributed by atoms with E-state index in [1.807, 2.05) is 84.6 Å². The lowest BCUT2D eigenvalue weighted by atomic mass is 9.96. The van der Waals surface area contributed by atoms with Crippen molar-refractivity contribution in [3.05, 3.63) is 120 Å². The smallest absolute Gasteiger partial charge is 0.240 e. The second-order valence-corrected chi connectivity index (χ2v) is 10.5. The van der Waals surface area contributed by atoms with Crippen molar-refractivity contribution in [3.8, 4) is 0 Å². The summed E-state index contributed by atoms with van der Waals surface area (Å²) in [5.74, 6) is -0.0307. The van der Waals surface area contributed by atoms with E-state index in [0.717, 1.165) is 27.5 Å². The fraction of sp³-hybridized carbons (Fsp3) is 0.286. The molecule has 0 aliphatic heterocycles. The highest BCUT2D eigenvalue weighted by atomic mass is 16.2. The number of fused-ring (bicyclic) bond motifs is 1. The fourth-order valence-corrected chi connectivity index (χ4v) is 5.35. The lowest BCUT2D eigenvalue weighted by Gasteiger charge is -2.35. The lowest BCUT2D eigenvalue weighted by Crippen LogP contribution is -2.49. The highest BCUT2D eigenvalue weighted by molar-refractivity contribution is 5.85. The molecular formula is C35H42N6O2. The summed E-state index contributed by atoms with van der Waals surface area (Å²) in [6.45, 7) is 3.81. The fourth-order valence-electron chi connectivity index (χ4n) is 5.35. The second-order valence-electron chi connectivity index (χ2n) is 10.5. The molecular weight excluding hydrogens is 536 g/mol. The van der Waals surface area contributed by atoms with Crippen molar-refractivity contribution in [3.63, 3.8) is 0 Å². The molecule has 4 aromatic carbocycles. The van der Waals surface area contributed by atoms with Crippen LogP contribution in [0, 0.1) is 0 Å². The zero-order valence-corrected chi connectivity index (χ0v) is 24.8. The molecule has 0 bridgehead atoms. The summed E-state index contributed by atoms with van der Waals surface area (Å²) in [6, 6.07) is 33.6. The monoisotopic (exact) mass is 578 g/mol. The number of amides is 2. The van der Waals surface area contributed by atoms with Gasteiger partial charge in [-0.15, -0.1) is 0 Å². The molecule has 0 fully saturated rings. The summed E-state index contributed by atoms with van der Waals surface area (Å²) in [6.07, 6.45) is 1.48. The Labute approximate surface area is 254 Å². The molecule has 0 spiro atoms. The van der Waals surface area contributed by atoms with E-state index in [-0.39, 0.29) is 23.8 Å². The molecule has 4 rings (SSSR count). The van der Waals surface area contributed by atoms with Gasteiger partial charge in [-0.25, -0.2) is 0 Å². The minimum Gasteiger partial charge on any atom is -0.370 e. The van der Waals surface area contributed by atoms with Gasteiger partial charge in [-0.3, -0.25) is 14.6 Å². The van der Waals surface area contributed by atoms with Gasteiger partial charge in [0.15, 0.2) is 5.96 Å². The molecule has 224 valence electrons. The number of likely N-dealkylation sites (N-methyl/N-ethyl adjacent to an activating group) is 1. The molecule has 6 N–H and O–H groups in total. The van der Waals surface area contributed by atoms with Crippen molar-refractivity contribution in [2.75, 3.05) is 26.2 Å². The Kier molecular flexibility index (Phi) is 11.7. The number of nitrogens with one attached hydrogen (secondary N) is 2. The Hall–Kier alpha value is -4.69. The van der Waals surface area contributed by atoms with Crippen molar-refractivity contribution >= 4 is 28.5 Å². The maximum Gasteiger partial charge on any atom is 0.240 e. The number of nitrogens with two attached hydrogens (primary N) is 2. The number of nitrogens with zero attached hydrogens (tertiary/aromatic N) is 2. The van der Waals surface area contributed by atoms with E-state index in [1.54, 1.807) is 0 Å². The molecule has 43 heavy (non-hydrogen) atoms. The normalized spacial score (nSPS) is 11.7. The molecule has 0 aliphatic carbocycles. The zero-order chi connectivity index (χ0) is 30.4. The van der Waals surface area contributed by atoms with Crippen molar-refractivity contribution in [2.45, 2.75) is 38.3 Å². The van der Waals surface area contributed by atoms with Gasteiger partial charge in [0.2, 0.25) is 11.8 Å². The number of hydrogen-bond donors (Lipinski definition) is 4. The highest BCUT2D eigenvalue weighted by Gasteiger charge is 2.30. The van der Waals surface area contributed by atoms with Crippen LogP contribution in [0.5, 0.6) is 0 Å². The van der Waals surface area contributed by atoms with Crippen LogP contribution in [0.15, 0.2) is 108 Å². The van der Waals surface area contributed by atoms with Crippen molar-refractivity contribution in [1.82, 2.24) is 15.5 Å². The van der Waals surface area contributed by atoms with Crippen LogP contribution in [0.1, 0.15) is 42.5 Å². The Morgan fingerprint density at radius 1 is 0.814 bits per heavy atom. The van der Waals surface area contributed by atoms with Crippen LogP contribution in [0.3, 0.4) is 0 Å². The third-order valence-corrected chi connectivity index (χ3v) is 7.43. The Morgan fingerprint density at radius 2 is 1.44 bits per heavy atom. The third-order valence-electron chi connectivity index (χ3n) is 7.43. The number of hydrogen-bond acceptors (Lipinski definition) is 4. The Morgan fingerprint density at radius 3 is 2.07 bits per heavy atom. The van der Waals surface area contributed by atoms with Gasteiger partial charge in [0.25, 0.3) is 0 Å². The van der Waals surface area contributed by atoms with Crippen molar-refractivity contribution in [2.24, 2.45) is 16.5 Å². The molecule has 0 saturated heterocycles. The van der Waals surface area contributed by atoms with Gasteiger partial charge in [0.05, 0.1) is 18.5 Å². The second kappa shape index (κ2) is 16.1. The van der Waals surface area contributed by atoms with E-state index in [2.05, 4.69) is 46.0 Å². The molecule has 1 atom stereocenters. The summed E-state index contributed by atoms with van der Waals surface area (Å²) < 4.78 is 0. The molecule has 8 nitrogen and oxygen atoms in total. The van der Waals surface area contributed by atoms with Gasteiger partial charge >= 0.3 is 0 Å². The third kappa shape index (κ3) is 9.15. The number of aliphatic imine (C=N–C) groups is 1. The first kappa shape index (κ1) is 31.3. The van der Waals surface area contributed by atoms with Crippen LogP contribution in [-0.2, 0) is 16.0 Å². The number of benzene rings is 4. The van der Waals surface area contributed by atoms with Crippen LogP contribution < -0.4 is 22.1 Å². The quantitative estimate of drug-likeness (QED) is 0.0958. The first-order valence-corrected chi connectivity index (χ1v) is 14.9. The summed E-state index contributed by atoms with van der Waals surface area (Å²) in [4.78, 5) is 32.9. The maximum atomic E-state index is 14.2. The average molecular weight is 579 g/mol. The SMILES string of the molecule is CCN(C(=O)C(CCCN=C(N)N)NCCNC(=O)Cc1ccc2ccccc2c1)C(c1ccccc1)c1ccccc1. The number of guanidine groups is 1. The van der Waals surface area contributed by atoms with Crippen LogP contribution >= 0.6 is 0 Å². The largest absolute Gasteiger partial charge is 0.370 e. The van der Waals surface area contributed by atoms with E-state index in [1.165, 1.54) is 0 Å². The van der Waals surface area contributed by atoms with Crippen LogP contribution in [0.25, 0.3) is 10.8 Å². The van der Waals surface area contributed by atoms with E-state index < -0.39 is 6.04 Å². The lowest BCUT2D eigenvalue weighted by molar-refractivity contribution is -0.135. The predicted molar refractivity (Wildman–Crippen MR) is 174 cm³/mol. The standard InChI is InChI=1S/C35H42N6O2/c1-2-41(33(28-13-5-3-6-14-28)29-15-7-4-8-16-29)34(43)31(18-11-21-40-35(36)37)38-22-23-39-32(42)25-26-19-20-27-12-9-10-17-30(27)24-26/h3-10,12-17,19-20,24,31,33,38H,2,11,18,21-23,25H2,1H3,(H,39,42)(H4,36,37,40). The average Bonchev–Trinajstić information content (AvgIpc) is 3.03. The molecule has 0 heterocycles. The van der Waals surface area contributed by atoms with Gasteiger partial charge in [0, 0.05) is 26.2 Å². The predicted octanol–water partition coefficient (Wildman–Crippen LogP) is 4.15. The number of rotatable bonds is 15. The summed E-state index contributed by atoms with van der Waals surface area (Å²) in [7, 11) is 0. The van der Waals surface area contributed by atoms with E-state index >= 15 is 0 Å². The molecule has 0 saturated carbocycles. The summed E-state index contributed by atoms with van der Waals surface area (Å²) >= 11 is 0. The zero-order valence-electron chi connectivity index (χ0n) is 24.8. The first-order chi connectivity index (χ1) is 21.0. The van der Waals surface area contributed by atoms with Crippen molar-refractivity contribution in [1.29, 1.82) is 0 Å². The van der Waals surface area contributed by atoms with Crippen LogP contribution in [-0.4, -0.2) is 54.9 Å². The van der Waals surface area contributed by atoms with Gasteiger partial charge in [-0.05, 0) is 47.2 Å². The Bertz CT molecular complexity index is 1450. The molecule has 1 unspecified atom stereocenters. The number of carbonyl (C=O) groups excluding carboxylic acids is 2. The maximum absolute atomic E-state index is 14.2. The number of carbonyl (C=O) groups is 2. The molecule has 2 amide bonds. The highest BCUT2D eigenvalue weighted by Crippen LogP contribution is 2.29. The minimum atomic E-state index is -0.471. The van der Waals surface area contributed by atoms with Gasteiger partial charge in [0.1, 0.15) is 0 Å². The molecule has 4 aromatic rings. The Balaban J connectivity index is 1.42. The van der Waals surface area contributed by atoms with Crippen LogP contribution in [0.2, 0.25) is 0 Å². The molecule has 8 heteroatoms. The van der Waals surface area contributed by atoms with Gasteiger partial charge < -0.3 is 27.0 Å². The van der Waals surface area contributed by atoms with Gasteiger partial charge in [-0.1, -0.05) is 103 Å². The minimum absolute atomic E-state index is 0.00704. The van der Waals surface area contributed by atoms with E-state index in [4.69, 9.17) is 11.5 Å². The molecule has 0 radical (unpaired) electrons. The van der Waals surface area contributed by atoms with Crippen molar-refractivity contribution < 1.29 is 9.59 Å². The molecule has 0 aromatic heterocycles. The summed E-state index contributed by atoms with van der Waals surface area (Å²) in [5, 5.41) is 8.66.